The Bertz CT molecular complexity index is 365. The summed E-state index contributed by atoms with van der Waals surface area (Å²) in [5, 5.41) is 13.9. The Morgan fingerprint density at radius 1 is 1.58 bits per heavy atom. The van der Waals surface area contributed by atoms with Gasteiger partial charge in [-0.2, -0.15) is 0 Å². The van der Waals surface area contributed by atoms with Crippen LogP contribution in [0.2, 0.25) is 0 Å². The van der Waals surface area contributed by atoms with Gasteiger partial charge >= 0.3 is 12.0 Å². The minimum absolute atomic E-state index is 0.0181. The number of carbonyl (C=O) groups is 2. The van der Waals surface area contributed by atoms with E-state index in [1.807, 2.05) is 0 Å². The SMILES string of the molecule is C#CCC(NC(=O)NCC1CCN(CC)C1)C(=O)O. The molecule has 1 rings (SSSR count). The fraction of sp³-hybridized carbons (Fsp3) is 0.692. The quantitative estimate of drug-likeness (QED) is 0.596. The van der Waals surface area contributed by atoms with Crippen molar-refractivity contribution in [2.75, 3.05) is 26.2 Å². The van der Waals surface area contributed by atoms with E-state index in [4.69, 9.17) is 11.5 Å². The number of hydrogen-bond donors (Lipinski definition) is 3. The molecule has 19 heavy (non-hydrogen) atoms. The summed E-state index contributed by atoms with van der Waals surface area (Å²) in [6.07, 6.45) is 6.09. The van der Waals surface area contributed by atoms with Gasteiger partial charge in [0.1, 0.15) is 6.04 Å². The molecule has 1 fully saturated rings. The highest BCUT2D eigenvalue weighted by molar-refractivity contribution is 5.82. The molecule has 0 aromatic carbocycles. The molecule has 1 aliphatic heterocycles. The van der Waals surface area contributed by atoms with Crippen molar-refractivity contribution in [3.05, 3.63) is 0 Å². The molecule has 1 heterocycles. The normalized spacial score (nSPS) is 20.5. The predicted molar refractivity (Wildman–Crippen MR) is 71.6 cm³/mol. The second kappa shape index (κ2) is 7.64. The Hall–Kier alpha value is -1.74. The molecule has 0 bridgehead atoms. The maximum absolute atomic E-state index is 11.6. The van der Waals surface area contributed by atoms with E-state index in [2.05, 4.69) is 28.4 Å². The van der Waals surface area contributed by atoms with Gasteiger partial charge in [-0.05, 0) is 25.4 Å². The van der Waals surface area contributed by atoms with E-state index in [0.29, 0.717) is 12.5 Å². The number of terminal acetylenes is 1. The molecular formula is C13H21N3O3. The number of nitrogens with one attached hydrogen (secondary N) is 2. The number of nitrogens with zero attached hydrogens (tertiary/aromatic N) is 1. The van der Waals surface area contributed by atoms with Gasteiger partial charge in [-0.1, -0.05) is 6.92 Å². The minimum Gasteiger partial charge on any atom is -0.480 e. The fourth-order valence-electron chi connectivity index (χ4n) is 2.13. The Labute approximate surface area is 113 Å². The number of amides is 2. The van der Waals surface area contributed by atoms with Gasteiger partial charge in [-0.25, -0.2) is 9.59 Å². The summed E-state index contributed by atoms with van der Waals surface area (Å²) in [5.41, 5.74) is 0. The lowest BCUT2D eigenvalue weighted by molar-refractivity contribution is -0.139. The van der Waals surface area contributed by atoms with E-state index in [1.165, 1.54) is 0 Å². The van der Waals surface area contributed by atoms with Crippen LogP contribution < -0.4 is 10.6 Å². The van der Waals surface area contributed by atoms with Gasteiger partial charge in [0.05, 0.1) is 0 Å². The Kier molecular flexibility index (Phi) is 6.16. The first-order chi connectivity index (χ1) is 9.06. The van der Waals surface area contributed by atoms with Crippen molar-refractivity contribution in [3.8, 4) is 12.3 Å². The van der Waals surface area contributed by atoms with Gasteiger partial charge in [0.15, 0.2) is 0 Å². The largest absolute Gasteiger partial charge is 0.480 e. The zero-order valence-electron chi connectivity index (χ0n) is 11.2. The van der Waals surface area contributed by atoms with Crippen LogP contribution in [-0.2, 0) is 4.79 Å². The van der Waals surface area contributed by atoms with Crippen molar-refractivity contribution in [3.63, 3.8) is 0 Å². The number of hydrogen-bond acceptors (Lipinski definition) is 3. The van der Waals surface area contributed by atoms with E-state index < -0.39 is 18.0 Å². The standard InChI is InChI=1S/C13H21N3O3/c1-3-5-11(12(17)18)15-13(19)14-8-10-6-7-16(4-2)9-10/h1,10-11H,4-9H2,2H3,(H,17,18)(H2,14,15,19). The molecule has 1 aliphatic rings. The minimum atomic E-state index is -1.12. The molecule has 0 spiro atoms. The highest BCUT2D eigenvalue weighted by Crippen LogP contribution is 2.14. The molecule has 0 saturated carbocycles. The number of urea groups is 1. The molecule has 2 amide bonds. The van der Waals surface area contributed by atoms with Crippen molar-refractivity contribution in [1.29, 1.82) is 0 Å². The number of carboxylic acids is 1. The van der Waals surface area contributed by atoms with Crippen molar-refractivity contribution in [2.24, 2.45) is 5.92 Å². The van der Waals surface area contributed by atoms with Crippen LogP contribution in [0.1, 0.15) is 19.8 Å². The summed E-state index contributed by atoms with van der Waals surface area (Å²) < 4.78 is 0. The highest BCUT2D eigenvalue weighted by Gasteiger charge is 2.23. The number of carbonyl (C=O) groups excluding carboxylic acids is 1. The maximum Gasteiger partial charge on any atom is 0.327 e. The second-order valence-electron chi connectivity index (χ2n) is 4.70. The molecule has 0 aliphatic carbocycles. The van der Waals surface area contributed by atoms with Gasteiger partial charge in [-0.15, -0.1) is 12.3 Å². The molecule has 6 nitrogen and oxygen atoms in total. The lowest BCUT2D eigenvalue weighted by Crippen LogP contribution is -2.47. The zero-order valence-corrected chi connectivity index (χ0v) is 11.2. The monoisotopic (exact) mass is 267 g/mol. The maximum atomic E-state index is 11.6. The van der Waals surface area contributed by atoms with E-state index in [0.717, 1.165) is 26.1 Å². The van der Waals surface area contributed by atoms with Crippen LogP contribution in [0, 0.1) is 18.3 Å². The van der Waals surface area contributed by atoms with Gasteiger partial charge in [0.25, 0.3) is 0 Å². The Balaban J connectivity index is 2.28. The van der Waals surface area contributed by atoms with Crippen LogP contribution in [-0.4, -0.2) is 54.2 Å². The van der Waals surface area contributed by atoms with Crippen LogP contribution in [0.5, 0.6) is 0 Å². The number of carboxylic acid groups (broad SMARTS) is 1. The highest BCUT2D eigenvalue weighted by atomic mass is 16.4. The molecule has 106 valence electrons. The first-order valence-corrected chi connectivity index (χ1v) is 6.49. The molecule has 1 saturated heterocycles. The molecule has 0 aromatic rings. The smallest absolute Gasteiger partial charge is 0.327 e. The second-order valence-corrected chi connectivity index (χ2v) is 4.70. The fourth-order valence-corrected chi connectivity index (χ4v) is 2.13. The van der Waals surface area contributed by atoms with Crippen LogP contribution in [0.25, 0.3) is 0 Å². The van der Waals surface area contributed by atoms with Crippen LogP contribution in [0.3, 0.4) is 0 Å². The Morgan fingerprint density at radius 3 is 2.84 bits per heavy atom. The number of likely N-dealkylation sites (tertiary alicyclic amines) is 1. The molecule has 2 atom stereocenters. The average Bonchev–Trinajstić information content (AvgIpc) is 2.83. The average molecular weight is 267 g/mol. The first-order valence-electron chi connectivity index (χ1n) is 6.49. The topological polar surface area (TPSA) is 81.7 Å². The third-order valence-corrected chi connectivity index (χ3v) is 3.29. The van der Waals surface area contributed by atoms with Crippen molar-refractivity contribution >= 4 is 12.0 Å². The third-order valence-electron chi connectivity index (χ3n) is 3.29. The van der Waals surface area contributed by atoms with Gasteiger partial charge < -0.3 is 20.6 Å². The van der Waals surface area contributed by atoms with Crippen LogP contribution >= 0.6 is 0 Å². The van der Waals surface area contributed by atoms with Crippen molar-refractivity contribution < 1.29 is 14.7 Å². The Morgan fingerprint density at radius 2 is 2.32 bits per heavy atom. The molecular weight excluding hydrogens is 246 g/mol. The van der Waals surface area contributed by atoms with E-state index in [9.17, 15) is 9.59 Å². The molecule has 2 unspecified atom stereocenters. The third kappa shape index (κ3) is 5.18. The number of rotatable bonds is 6. The van der Waals surface area contributed by atoms with Crippen molar-refractivity contribution in [2.45, 2.75) is 25.8 Å². The summed E-state index contributed by atoms with van der Waals surface area (Å²) >= 11 is 0. The summed E-state index contributed by atoms with van der Waals surface area (Å²) in [7, 11) is 0. The number of aliphatic carboxylic acids is 1. The molecule has 0 aromatic heterocycles. The van der Waals surface area contributed by atoms with E-state index >= 15 is 0 Å². The van der Waals surface area contributed by atoms with Crippen molar-refractivity contribution in [1.82, 2.24) is 15.5 Å². The van der Waals surface area contributed by atoms with Gasteiger partial charge in [0, 0.05) is 19.5 Å². The van der Waals surface area contributed by atoms with Crippen LogP contribution in [0.4, 0.5) is 4.79 Å². The lowest BCUT2D eigenvalue weighted by Gasteiger charge is -2.16. The zero-order chi connectivity index (χ0) is 14.3. The van der Waals surface area contributed by atoms with Gasteiger partial charge in [-0.3, -0.25) is 0 Å². The van der Waals surface area contributed by atoms with E-state index in [1.54, 1.807) is 0 Å². The van der Waals surface area contributed by atoms with Gasteiger partial charge in [0.2, 0.25) is 0 Å². The lowest BCUT2D eigenvalue weighted by atomic mass is 10.1. The molecule has 3 N–H and O–H groups in total. The molecule has 6 heteroatoms. The molecule has 0 radical (unpaired) electrons. The summed E-state index contributed by atoms with van der Waals surface area (Å²) in [4.78, 5) is 24.7. The summed E-state index contributed by atoms with van der Waals surface area (Å²) in [5.74, 6) is 1.55. The predicted octanol–water partition coefficient (Wildman–Crippen LogP) is 0.104. The summed E-state index contributed by atoms with van der Waals surface area (Å²) in [6, 6.07) is -1.50. The summed E-state index contributed by atoms with van der Waals surface area (Å²) in [6.45, 7) is 5.72. The van der Waals surface area contributed by atoms with E-state index in [-0.39, 0.29) is 6.42 Å². The van der Waals surface area contributed by atoms with Crippen LogP contribution in [0.15, 0.2) is 0 Å². The first kappa shape index (κ1) is 15.3.